The van der Waals surface area contributed by atoms with Crippen LogP contribution in [0.3, 0.4) is 0 Å². The Balaban J connectivity index is 2.04. The molecule has 7 heteroatoms. The zero-order valence-electron chi connectivity index (χ0n) is 12.3. The minimum absolute atomic E-state index is 0.114. The van der Waals surface area contributed by atoms with Crippen LogP contribution < -0.4 is 20.5 Å². The molecule has 0 radical (unpaired) electrons. The number of nitrogens with two attached hydrogens (primary N) is 1. The van der Waals surface area contributed by atoms with Crippen LogP contribution in [0.4, 0.5) is 5.69 Å². The molecule has 0 aliphatic heterocycles. The van der Waals surface area contributed by atoms with E-state index in [-0.39, 0.29) is 17.9 Å². The molecule has 0 saturated carbocycles. The van der Waals surface area contributed by atoms with Crippen molar-refractivity contribution < 1.29 is 19.1 Å². The highest BCUT2D eigenvalue weighted by Crippen LogP contribution is 2.24. The molecule has 23 heavy (non-hydrogen) atoms. The fourth-order valence-electron chi connectivity index (χ4n) is 1.90. The molecule has 0 heterocycles. The van der Waals surface area contributed by atoms with E-state index in [9.17, 15) is 9.59 Å². The van der Waals surface area contributed by atoms with Crippen LogP contribution in [0, 0.1) is 0 Å². The third-order valence-electron chi connectivity index (χ3n) is 2.95. The fraction of sp³-hybridized carbons (Fsp3) is 0.125. The van der Waals surface area contributed by atoms with E-state index in [1.807, 2.05) is 0 Å². The van der Waals surface area contributed by atoms with Gasteiger partial charge in [-0.05, 0) is 30.3 Å². The maximum atomic E-state index is 12.0. The van der Waals surface area contributed by atoms with Gasteiger partial charge in [0.1, 0.15) is 11.5 Å². The van der Waals surface area contributed by atoms with E-state index in [0.717, 1.165) is 0 Å². The Kier molecular flexibility index (Phi) is 5.43. The Hall–Kier alpha value is -2.73. The van der Waals surface area contributed by atoms with Gasteiger partial charge in [0.15, 0.2) is 6.61 Å². The highest BCUT2D eigenvalue weighted by atomic mass is 35.5. The van der Waals surface area contributed by atoms with Crippen molar-refractivity contribution in [3.63, 3.8) is 0 Å². The summed E-state index contributed by atoms with van der Waals surface area (Å²) in [7, 11) is 1.51. The number of amides is 2. The Morgan fingerprint density at radius 3 is 2.61 bits per heavy atom. The average Bonchev–Trinajstić information content (AvgIpc) is 2.54. The van der Waals surface area contributed by atoms with E-state index in [1.54, 1.807) is 30.3 Å². The second-order valence-electron chi connectivity index (χ2n) is 4.54. The number of methoxy groups -OCH3 is 1. The van der Waals surface area contributed by atoms with E-state index in [1.165, 1.54) is 19.2 Å². The number of carbonyl (C=O) groups is 2. The molecule has 0 aliphatic carbocycles. The second kappa shape index (κ2) is 7.51. The Morgan fingerprint density at radius 2 is 1.91 bits per heavy atom. The minimum Gasteiger partial charge on any atom is -0.495 e. The SMILES string of the molecule is COc1ccccc1NC(=O)COc1ccc(Cl)cc1C(N)=O. The number of nitrogens with one attached hydrogen (secondary N) is 1. The van der Waals surface area contributed by atoms with E-state index in [4.69, 9.17) is 26.8 Å². The van der Waals surface area contributed by atoms with Gasteiger partial charge in [-0.15, -0.1) is 0 Å². The summed E-state index contributed by atoms with van der Waals surface area (Å²) in [4.78, 5) is 23.3. The van der Waals surface area contributed by atoms with E-state index in [2.05, 4.69) is 5.32 Å². The highest BCUT2D eigenvalue weighted by Gasteiger charge is 2.13. The van der Waals surface area contributed by atoms with E-state index >= 15 is 0 Å². The lowest BCUT2D eigenvalue weighted by atomic mass is 10.2. The second-order valence-corrected chi connectivity index (χ2v) is 4.98. The minimum atomic E-state index is -0.687. The number of carbonyl (C=O) groups excluding carboxylic acids is 2. The third kappa shape index (κ3) is 4.37. The summed E-state index contributed by atoms with van der Waals surface area (Å²) < 4.78 is 10.5. The van der Waals surface area contributed by atoms with Crippen molar-refractivity contribution in [2.75, 3.05) is 19.0 Å². The van der Waals surface area contributed by atoms with Crippen LogP contribution in [0.15, 0.2) is 42.5 Å². The van der Waals surface area contributed by atoms with Gasteiger partial charge < -0.3 is 20.5 Å². The summed E-state index contributed by atoms with van der Waals surface area (Å²) in [5.74, 6) is -0.366. The summed E-state index contributed by atoms with van der Waals surface area (Å²) >= 11 is 5.81. The van der Waals surface area contributed by atoms with Crippen molar-refractivity contribution in [2.24, 2.45) is 5.73 Å². The number of hydrogen-bond donors (Lipinski definition) is 2. The van der Waals surface area contributed by atoms with Crippen molar-refractivity contribution in [2.45, 2.75) is 0 Å². The smallest absolute Gasteiger partial charge is 0.262 e. The number of ether oxygens (including phenoxy) is 2. The van der Waals surface area contributed by atoms with Gasteiger partial charge in [-0.1, -0.05) is 23.7 Å². The first kappa shape index (κ1) is 16.6. The quantitative estimate of drug-likeness (QED) is 0.849. The normalized spacial score (nSPS) is 10.0. The summed E-state index contributed by atoms with van der Waals surface area (Å²) in [6, 6.07) is 11.4. The predicted octanol–water partition coefficient (Wildman–Crippen LogP) is 2.46. The topological polar surface area (TPSA) is 90.7 Å². The van der Waals surface area contributed by atoms with Crippen molar-refractivity contribution in [1.82, 2.24) is 0 Å². The van der Waals surface area contributed by atoms with Crippen molar-refractivity contribution in [3.8, 4) is 11.5 Å². The lowest BCUT2D eigenvalue weighted by molar-refractivity contribution is -0.118. The lowest BCUT2D eigenvalue weighted by Crippen LogP contribution is -2.22. The molecule has 0 aliphatic rings. The number of benzene rings is 2. The van der Waals surface area contributed by atoms with Gasteiger partial charge in [0, 0.05) is 5.02 Å². The van der Waals surface area contributed by atoms with Crippen LogP contribution in [-0.4, -0.2) is 25.5 Å². The van der Waals surface area contributed by atoms with Crippen LogP contribution >= 0.6 is 11.6 Å². The molecule has 0 bridgehead atoms. The molecular weight excluding hydrogens is 320 g/mol. The van der Waals surface area contributed by atoms with Crippen LogP contribution in [0.5, 0.6) is 11.5 Å². The molecule has 0 unspecified atom stereocenters. The lowest BCUT2D eigenvalue weighted by Gasteiger charge is -2.12. The van der Waals surface area contributed by atoms with Crippen LogP contribution in [-0.2, 0) is 4.79 Å². The van der Waals surface area contributed by atoms with Crippen LogP contribution in [0.1, 0.15) is 10.4 Å². The van der Waals surface area contributed by atoms with Gasteiger partial charge in [-0.3, -0.25) is 9.59 Å². The number of para-hydroxylation sites is 2. The maximum absolute atomic E-state index is 12.0. The molecule has 3 N–H and O–H groups in total. The zero-order chi connectivity index (χ0) is 16.8. The number of rotatable bonds is 6. The monoisotopic (exact) mass is 334 g/mol. The van der Waals surface area contributed by atoms with Crippen molar-refractivity contribution in [3.05, 3.63) is 53.1 Å². The molecule has 0 saturated heterocycles. The van der Waals surface area contributed by atoms with Crippen molar-refractivity contribution >= 4 is 29.1 Å². The summed E-state index contributed by atoms with van der Waals surface area (Å²) in [5, 5.41) is 3.01. The summed E-state index contributed by atoms with van der Waals surface area (Å²) in [6.45, 7) is -0.292. The number of halogens is 1. The average molecular weight is 335 g/mol. The van der Waals surface area contributed by atoms with Crippen LogP contribution in [0.2, 0.25) is 5.02 Å². The standard InChI is InChI=1S/C16H15ClN2O4/c1-22-14-5-3-2-4-12(14)19-15(20)9-23-13-7-6-10(17)8-11(13)16(18)21/h2-8H,9H2,1H3,(H2,18,21)(H,19,20). The number of hydrogen-bond acceptors (Lipinski definition) is 4. The molecule has 2 aromatic carbocycles. The van der Waals surface area contributed by atoms with Crippen molar-refractivity contribution in [1.29, 1.82) is 0 Å². The molecule has 0 spiro atoms. The van der Waals surface area contributed by atoms with E-state index in [0.29, 0.717) is 16.5 Å². The van der Waals surface area contributed by atoms with Gasteiger partial charge in [0.05, 0.1) is 18.4 Å². The first-order valence-corrected chi connectivity index (χ1v) is 7.04. The van der Waals surface area contributed by atoms with Gasteiger partial charge >= 0.3 is 0 Å². The Bertz CT molecular complexity index is 734. The summed E-state index contributed by atoms with van der Waals surface area (Å²) in [5.41, 5.74) is 5.89. The largest absolute Gasteiger partial charge is 0.495 e. The highest BCUT2D eigenvalue weighted by molar-refractivity contribution is 6.31. The molecule has 0 atom stereocenters. The molecule has 0 fully saturated rings. The fourth-order valence-corrected chi connectivity index (χ4v) is 2.07. The first-order chi connectivity index (χ1) is 11.0. The first-order valence-electron chi connectivity index (χ1n) is 6.66. The molecule has 2 amide bonds. The third-order valence-corrected chi connectivity index (χ3v) is 3.18. The van der Waals surface area contributed by atoms with Gasteiger partial charge in [-0.2, -0.15) is 0 Å². The number of anilines is 1. The summed E-state index contributed by atoms with van der Waals surface area (Å²) in [6.07, 6.45) is 0. The van der Waals surface area contributed by atoms with E-state index < -0.39 is 11.8 Å². The predicted molar refractivity (Wildman–Crippen MR) is 87.1 cm³/mol. The Morgan fingerprint density at radius 1 is 1.17 bits per heavy atom. The zero-order valence-corrected chi connectivity index (χ0v) is 13.1. The van der Waals surface area contributed by atoms with Gasteiger partial charge in [0.2, 0.25) is 0 Å². The van der Waals surface area contributed by atoms with Gasteiger partial charge in [0.25, 0.3) is 11.8 Å². The molecule has 120 valence electrons. The molecule has 2 aromatic rings. The van der Waals surface area contributed by atoms with Crippen LogP contribution in [0.25, 0.3) is 0 Å². The van der Waals surface area contributed by atoms with Gasteiger partial charge in [-0.25, -0.2) is 0 Å². The molecule has 2 rings (SSSR count). The number of primary amides is 1. The molecule has 0 aromatic heterocycles. The molecule has 6 nitrogen and oxygen atoms in total. The Labute approximate surface area is 138 Å². The molecular formula is C16H15ClN2O4. The maximum Gasteiger partial charge on any atom is 0.262 e.